The van der Waals surface area contributed by atoms with Gasteiger partial charge < -0.3 is 15.8 Å². The summed E-state index contributed by atoms with van der Waals surface area (Å²) < 4.78 is 5.55. The summed E-state index contributed by atoms with van der Waals surface area (Å²) in [5.41, 5.74) is 6.36. The van der Waals surface area contributed by atoms with E-state index in [1.165, 1.54) is 25.7 Å². The minimum absolute atomic E-state index is 0.183. The fourth-order valence-corrected chi connectivity index (χ4v) is 2.63. The maximum atomic E-state index is 12.0. The first-order valence-electron chi connectivity index (χ1n) is 7.52. The monoisotopic (exact) mass is 276 g/mol. The van der Waals surface area contributed by atoms with Crippen LogP contribution in [0, 0.1) is 5.92 Å². The average molecular weight is 276 g/mol. The van der Waals surface area contributed by atoms with Crippen LogP contribution < -0.4 is 15.8 Å². The molecule has 1 aromatic carbocycles. The van der Waals surface area contributed by atoms with Crippen molar-refractivity contribution in [2.24, 2.45) is 5.92 Å². The second-order valence-electron chi connectivity index (χ2n) is 5.40. The third-order valence-electron chi connectivity index (χ3n) is 3.75. The predicted octanol–water partition coefficient (Wildman–Crippen LogP) is 2.73. The maximum Gasteiger partial charge on any atom is 0.223 e. The molecular weight excluding hydrogens is 252 g/mol. The zero-order valence-electron chi connectivity index (χ0n) is 11.9. The summed E-state index contributed by atoms with van der Waals surface area (Å²) in [4.78, 5) is 12.0. The van der Waals surface area contributed by atoms with Crippen molar-refractivity contribution in [3.63, 3.8) is 0 Å². The van der Waals surface area contributed by atoms with E-state index < -0.39 is 0 Å². The number of rotatable bonds is 5. The molecule has 110 valence electrons. The molecule has 1 fully saturated rings. The lowest BCUT2D eigenvalue weighted by Gasteiger charge is -2.14. The largest absolute Gasteiger partial charge is 0.492 e. The molecule has 0 unspecified atom stereocenters. The van der Waals surface area contributed by atoms with Gasteiger partial charge in [-0.15, -0.1) is 0 Å². The van der Waals surface area contributed by atoms with Crippen molar-refractivity contribution >= 4 is 11.6 Å². The van der Waals surface area contributed by atoms with E-state index in [2.05, 4.69) is 5.32 Å². The molecule has 4 heteroatoms. The molecule has 2 rings (SSSR count). The number of nitrogens with two attached hydrogens (primary N) is 1. The van der Waals surface area contributed by atoms with Gasteiger partial charge in [0.1, 0.15) is 12.4 Å². The second kappa shape index (κ2) is 7.78. The third-order valence-corrected chi connectivity index (χ3v) is 3.75. The highest BCUT2D eigenvalue weighted by Gasteiger charge is 2.19. The minimum Gasteiger partial charge on any atom is -0.492 e. The Hall–Kier alpha value is -1.71. The maximum absolute atomic E-state index is 12.0. The van der Waals surface area contributed by atoms with Crippen LogP contribution in [-0.2, 0) is 4.79 Å². The summed E-state index contributed by atoms with van der Waals surface area (Å²) in [6.45, 7) is 1.02. The molecule has 3 N–H and O–H groups in total. The van der Waals surface area contributed by atoms with E-state index in [4.69, 9.17) is 10.5 Å². The van der Waals surface area contributed by atoms with Crippen LogP contribution in [0.5, 0.6) is 5.75 Å². The molecule has 0 saturated heterocycles. The number of nitrogens with one attached hydrogen (secondary N) is 1. The number of nitrogen functional groups attached to an aromatic ring is 1. The van der Waals surface area contributed by atoms with E-state index in [0.29, 0.717) is 18.8 Å². The average Bonchev–Trinajstić information content (AvgIpc) is 2.72. The van der Waals surface area contributed by atoms with Crippen molar-refractivity contribution in [3.05, 3.63) is 24.3 Å². The van der Waals surface area contributed by atoms with E-state index >= 15 is 0 Å². The Morgan fingerprint density at radius 1 is 1.25 bits per heavy atom. The summed E-state index contributed by atoms with van der Waals surface area (Å²) >= 11 is 0. The smallest absolute Gasteiger partial charge is 0.223 e. The number of hydrogen-bond acceptors (Lipinski definition) is 3. The van der Waals surface area contributed by atoms with E-state index in [1.807, 2.05) is 18.2 Å². The topological polar surface area (TPSA) is 64.3 Å². The van der Waals surface area contributed by atoms with Crippen LogP contribution >= 0.6 is 0 Å². The number of hydrogen-bond donors (Lipinski definition) is 2. The Labute approximate surface area is 120 Å². The van der Waals surface area contributed by atoms with Gasteiger partial charge in [0.15, 0.2) is 0 Å². The van der Waals surface area contributed by atoms with Gasteiger partial charge in [-0.3, -0.25) is 4.79 Å². The van der Waals surface area contributed by atoms with Crippen LogP contribution in [0.25, 0.3) is 0 Å². The van der Waals surface area contributed by atoms with Crippen molar-refractivity contribution < 1.29 is 9.53 Å². The van der Waals surface area contributed by atoms with E-state index in [1.54, 1.807) is 6.07 Å². The highest BCUT2D eigenvalue weighted by atomic mass is 16.5. The van der Waals surface area contributed by atoms with Crippen LogP contribution in [0.3, 0.4) is 0 Å². The van der Waals surface area contributed by atoms with Gasteiger partial charge in [0.05, 0.1) is 6.54 Å². The van der Waals surface area contributed by atoms with Crippen LogP contribution in [0.15, 0.2) is 24.3 Å². The fraction of sp³-hybridized carbons (Fsp3) is 0.562. The molecule has 4 nitrogen and oxygen atoms in total. The molecule has 0 radical (unpaired) electrons. The predicted molar refractivity (Wildman–Crippen MR) is 80.6 cm³/mol. The lowest BCUT2D eigenvalue weighted by atomic mass is 10.00. The van der Waals surface area contributed by atoms with Crippen molar-refractivity contribution in [1.82, 2.24) is 5.32 Å². The van der Waals surface area contributed by atoms with Gasteiger partial charge in [0.2, 0.25) is 5.91 Å². The van der Waals surface area contributed by atoms with Gasteiger partial charge in [-0.25, -0.2) is 0 Å². The van der Waals surface area contributed by atoms with Crippen LogP contribution in [0.1, 0.15) is 38.5 Å². The van der Waals surface area contributed by atoms with Crippen LogP contribution in [-0.4, -0.2) is 19.1 Å². The zero-order valence-corrected chi connectivity index (χ0v) is 11.9. The Morgan fingerprint density at radius 3 is 2.70 bits per heavy atom. The lowest BCUT2D eigenvalue weighted by molar-refractivity contribution is -0.125. The second-order valence-corrected chi connectivity index (χ2v) is 5.40. The van der Waals surface area contributed by atoms with E-state index in [-0.39, 0.29) is 11.8 Å². The quantitative estimate of drug-likeness (QED) is 0.494. The van der Waals surface area contributed by atoms with Gasteiger partial charge in [-0.1, -0.05) is 31.7 Å². The highest BCUT2D eigenvalue weighted by molar-refractivity contribution is 5.78. The molecular formula is C16H24N2O2. The Kier molecular flexibility index (Phi) is 5.71. The Bertz CT molecular complexity index is 426. The van der Waals surface area contributed by atoms with Gasteiger partial charge in [0, 0.05) is 17.7 Å². The molecule has 1 amide bonds. The molecule has 0 aromatic heterocycles. The molecule has 0 aliphatic heterocycles. The zero-order chi connectivity index (χ0) is 14.2. The molecule has 0 bridgehead atoms. The first-order chi connectivity index (χ1) is 9.75. The van der Waals surface area contributed by atoms with Crippen molar-refractivity contribution in [1.29, 1.82) is 0 Å². The number of anilines is 1. The van der Waals surface area contributed by atoms with Gasteiger partial charge >= 0.3 is 0 Å². The molecule has 1 aliphatic rings. The summed E-state index contributed by atoms with van der Waals surface area (Å²) in [5.74, 6) is 1.13. The summed E-state index contributed by atoms with van der Waals surface area (Å²) in [7, 11) is 0. The molecule has 1 aliphatic carbocycles. The van der Waals surface area contributed by atoms with Gasteiger partial charge in [-0.2, -0.15) is 0 Å². The molecule has 1 saturated carbocycles. The molecule has 20 heavy (non-hydrogen) atoms. The van der Waals surface area contributed by atoms with Gasteiger partial charge in [0.25, 0.3) is 0 Å². The number of benzene rings is 1. The lowest BCUT2D eigenvalue weighted by Crippen LogP contribution is -2.33. The molecule has 0 heterocycles. The number of ether oxygens (including phenoxy) is 1. The SMILES string of the molecule is Nc1cccc(OCCNC(=O)C2CCCCCC2)c1. The molecule has 0 atom stereocenters. The normalized spacial score (nSPS) is 16.4. The Balaban J connectivity index is 1.66. The minimum atomic E-state index is 0.183. The third kappa shape index (κ3) is 4.76. The summed E-state index contributed by atoms with van der Waals surface area (Å²) in [6, 6.07) is 7.33. The van der Waals surface area contributed by atoms with Crippen molar-refractivity contribution in [2.45, 2.75) is 38.5 Å². The Morgan fingerprint density at radius 2 is 2.00 bits per heavy atom. The molecule has 1 aromatic rings. The highest BCUT2D eigenvalue weighted by Crippen LogP contribution is 2.22. The van der Waals surface area contributed by atoms with Gasteiger partial charge in [-0.05, 0) is 25.0 Å². The van der Waals surface area contributed by atoms with Crippen LogP contribution in [0.4, 0.5) is 5.69 Å². The first-order valence-corrected chi connectivity index (χ1v) is 7.52. The van der Waals surface area contributed by atoms with Crippen molar-refractivity contribution in [3.8, 4) is 5.75 Å². The standard InChI is InChI=1S/C16H24N2O2/c17-14-8-5-9-15(12-14)20-11-10-18-16(19)13-6-3-1-2-4-7-13/h5,8-9,12-13H,1-4,6-7,10-11,17H2,(H,18,19). The first kappa shape index (κ1) is 14.7. The van der Waals surface area contributed by atoms with Crippen LogP contribution in [0.2, 0.25) is 0 Å². The fourth-order valence-electron chi connectivity index (χ4n) is 2.63. The summed E-state index contributed by atoms with van der Waals surface area (Å²) in [5, 5.41) is 2.97. The summed E-state index contributed by atoms with van der Waals surface area (Å²) in [6.07, 6.45) is 6.95. The van der Waals surface area contributed by atoms with E-state index in [0.717, 1.165) is 18.6 Å². The number of carbonyl (C=O) groups excluding carboxylic acids is 1. The molecule has 0 spiro atoms. The van der Waals surface area contributed by atoms with Crippen molar-refractivity contribution in [2.75, 3.05) is 18.9 Å². The van der Waals surface area contributed by atoms with E-state index in [9.17, 15) is 4.79 Å². The number of amides is 1. The number of carbonyl (C=O) groups is 1.